The van der Waals surface area contributed by atoms with E-state index in [1.54, 1.807) is 0 Å². The summed E-state index contributed by atoms with van der Waals surface area (Å²) in [4.78, 5) is 0. The molecule has 0 radical (unpaired) electrons. The van der Waals surface area contributed by atoms with Gasteiger partial charge in [0, 0.05) is 0 Å². The van der Waals surface area contributed by atoms with Crippen molar-refractivity contribution in [1.82, 2.24) is 0 Å². The lowest BCUT2D eigenvalue weighted by Crippen LogP contribution is -3.00. The van der Waals surface area contributed by atoms with Crippen LogP contribution < -0.4 is 17.0 Å². The van der Waals surface area contributed by atoms with Gasteiger partial charge in [0.25, 0.3) is 0 Å². The second-order valence-corrected chi connectivity index (χ2v) is 5.00. The van der Waals surface area contributed by atoms with E-state index in [-0.39, 0.29) is 17.0 Å². The van der Waals surface area contributed by atoms with Gasteiger partial charge in [-0.25, -0.2) is 0 Å². The van der Waals surface area contributed by atoms with Crippen LogP contribution in [-0.4, -0.2) is 29.5 Å². The average Bonchev–Trinajstić information content (AvgIpc) is 1.89. The summed E-state index contributed by atoms with van der Waals surface area (Å²) in [5.74, 6) is 2.32. The lowest BCUT2D eigenvalue weighted by atomic mass is 10.3. The van der Waals surface area contributed by atoms with Gasteiger partial charge in [-0.1, -0.05) is 13.3 Å². The fourth-order valence-corrected chi connectivity index (χ4v) is 2.07. The summed E-state index contributed by atoms with van der Waals surface area (Å²) in [6, 6.07) is 0. The molecule has 0 aromatic heterocycles. The second kappa shape index (κ2) is 10.8. The van der Waals surface area contributed by atoms with Gasteiger partial charge in [0.05, 0.1) is 12.9 Å². The van der Waals surface area contributed by atoms with Crippen molar-refractivity contribution in [1.29, 1.82) is 0 Å². The van der Waals surface area contributed by atoms with Crippen LogP contribution in [0, 0.1) is 0 Å². The van der Waals surface area contributed by atoms with E-state index in [9.17, 15) is 0 Å². The molecule has 0 aromatic carbocycles. The normalized spacial score (nSPS) is 12.3. The highest BCUT2D eigenvalue weighted by molar-refractivity contribution is 7.96. The fourth-order valence-electron chi connectivity index (χ4n) is 0.856. The number of halogens is 1. The highest BCUT2D eigenvalue weighted by Crippen LogP contribution is 1.99. The Balaban J connectivity index is 0. The zero-order chi connectivity index (χ0) is 7.82. The van der Waals surface area contributed by atoms with Crippen molar-refractivity contribution in [3.05, 3.63) is 0 Å². The van der Waals surface area contributed by atoms with Crippen molar-refractivity contribution in [2.45, 2.75) is 26.2 Å². The zero-order valence-electron chi connectivity index (χ0n) is 7.48. The molecule has 0 aliphatic carbocycles. The molecule has 0 amide bonds. The number of hydrogen-bond donors (Lipinski definition) is 1. The molecular weight excluding hydrogens is 224 g/mol. The van der Waals surface area contributed by atoms with Gasteiger partial charge >= 0.3 is 0 Å². The van der Waals surface area contributed by atoms with Gasteiger partial charge in [-0.05, 0) is 23.7 Å². The molecule has 3 heteroatoms. The van der Waals surface area contributed by atoms with Crippen molar-refractivity contribution < 1.29 is 22.1 Å². The minimum atomic E-state index is 0. The third kappa shape index (κ3) is 10.8. The maximum atomic E-state index is 8.60. The van der Waals surface area contributed by atoms with Gasteiger partial charge < -0.3 is 22.1 Å². The Morgan fingerprint density at radius 1 is 1.18 bits per heavy atom. The van der Waals surface area contributed by atoms with E-state index in [4.69, 9.17) is 5.11 Å². The summed E-state index contributed by atoms with van der Waals surface area (Å²) in [5.41, 5.74) is 0. The maximum absolute atomic E-state index is 8.60. The third-order valence-corrected chi connectivity index (χ3v) is 3.40. The van der Waals surface area contributed by atoms with E-state index < -0.39 is 0 Å². The predicted molar refractivity (Wildman–Crippen MR) is 49.6 cm³/mol. The van der Waals surface area contributed by atoms with Crippen molar-refractivity contribution in [2.24, 2.45) is 0 Å². The topological polar surface area (TPSA) is 20.2 Å². The smallest absolute Gasteiger partial charge is 0.130 e. The van der Waals surface area contributed by atoms with E-state index in [1.807, 2.05) is 0 Å². The van der Waals surface area contributed by atoms with Gasteiger partial charge in [-0.2, -0.15) is 0 Å². The molecule has 0 aliphatic heterocycles. The molecule has 0 aliphatic rings. The van der Waals surface area contributed by atoms with Crippen molar-refractivity contribution in [2.75, 3.05) is 24.4 Å². The first kappa shape index (κ1) is 14.3. The Morgan fingerprint density at radius 2 is 1.82 bits per heavy atom. The van der Waals surface area contributed by atoms with Crippen LogP contribution in [0.1, 0.15) is 26.2 Å². The summed E-state index contributed by atoms with van der Waals surface area (Å²) in [5, 5.41) is 8.60. The third-order valence-electron chi connectivity index (χ3n) is 1.54. The van der Waals surface area contributed by atoms with Crippen LogP contribution in [0.15, 0.2) is 0 Å². The predicted octanol–water partition coefficient (Wildman–Crippen LogP) is -1.58. The minimum absolute atomic E-state index is 0. The van der Waals surface area contributed by atoms with Crippen LogP contribution in [0.2, 0.25) is 0 Å². The number of aliphatic hydroxyl groups excluding tert-OH is 1. The molecule has 1 N–H and O–H groups in total. The monoisotopic (exact) mass is 242 g/mol. The molecule has 1 unspecified atom stereocenters. The molecular formula is C8H19BrOS. The van der Waals surface area contributed by atoms with Crippen molar-refractivity contribution >= 4 is 10.9 Å². The van der Waals surface area contributed by atoms with Gasteiger partial charge in [0.2, 0.25) is 0 Å². The summed E-state index contributed by atoms with van der Waals surface area (Å²) in [7, 11) is 0.478. The Hall–Kier alpha value is 0.790. The summed E-state index contributed by atoms with van der Waals surface area (Å²) in [6.45, 7) is 2.59. The molecule has 0 spiro atoms. The lowest BCUT2D eigenvalue weighted by molar-refractivity contribution is -0.00000346. The Morgan fingerprint density at radius 3 is 2.27 bits per heavy atom. The molecule has 0 heterocycles. The van der Waals surface area contributed by atoms with E-state index >= 15 is 0 Å². The van der Waals surface area contributed by atoms with Crippen molar-refractivity contribution in [3.8, 4) is 0 Å². The maximum Gasteiger partial charge on any atom is 0.130 e. The molecule has 0 rings (SSSR count). The Labute approximate surface area is 83.7 Å². The standard InChI is InChI=1S/C8H19OS.BrH/c1-3-4-5-7-10(2)8-6-9;/h9H,3-8H2,1-2H3;1H/q+1;/p-1. The van der Waals surface area contributed by atoms with Gasteiger partial charge in [0.15, 0.2) is 0 Å². The van der Waals surface area contributed by atoms with Crippen LogP contribution in [0.25, 0.3) is 0 Å². The molecule has 70 valence electrons. The molecule has 11 heavy (non-hydrogen) atoms. The summed E-state index contributed by atoms with van der Waals surface area (Å²) >= 11 is 0. The van der Waals surface area contributed by atoms with Gasteiger partial charge in [-0.15, -0.1) is 0 Å². The highest BCUT2D eigenvalue weighted by Gasteiger charge is 2.07. The molecule has 0 saturated heterocycles. The van der Waals surface area contributed by atoms with E-state index in [1.165, 1.54) is 25.0 Å². The zero-order valence-corrected chi connectivity index (χ0v) is 9.88. The number of hydrogen-bond acceptors (Lipinski definition) is 1. The number of rotatable bonds is 6. The van der Waals surface area contributed by atoms with Crippen LogP contribution in [-0.2, 0) is 10.9 Å². The quantitative estimate of drug-likeness (QED) is 0.441. The van der Waals surface area contributed by atoms with Crippen LogP contribution >= 0.6 is 0 Å². The van der Waals surface area contributed by atoms with Crippen LogP contribution in [0.5, 0.6) is 0 Å². The minimum Gasteiger partial charge on any atom is -1.00 e. The molecule has 1 atom stereocenters. The van der Waals surface area contributed by atoms with E-state index in [0.717, 1.165) is 5.75 Å². The summed E-state index contributed by atoms with van der Waals surface area (Å²) in [6.07, 6.45) is 6.24. The average molecular weight is 243 g/mol. The summed E-state index contributed by atoms with van der Waals surface area (Å²) < 4.78 is 0. The fraction of sp³-hybridized carbons (Fsp3) is 1.00. The SMILES string of the molecule is CCCCC[S+](C)CCO.[Br-]. The first-order valence-electron chi connectivity index (χ1n) is 4.01. The van der Waals surface area contributed by atoms with Gasteiger partial charge in [0.1, 0.15) is 11.5 Å². The van der Waals surface area contributed by atoms with Gasteiger partial charge in [-0.3, -0.25) is 0 Å². The molecule has 1 nitrogen and oxygen atoms in total. The Kier molecular flexibility index (Phi) is 14.0. The largest absolute Gasteiger partial charge is 1.00 e. The van der Waals surface area contributed by atoms with Crippen LogP contribution in [0.3, 0.4) is 0 Å². The number of unbranched alkanes of at least 4 members (excludes halogenated alkanes) is 2. The van der Waals surface area contributed by atoms with Crippen LogP contribution in [0.4, 0.5) is 0 Å². The van der Waals surface area contributed by atoms with Crippen molar-refractivity contribution in [3.63, 3.8) is 0 Å². The van der Waals surface area contributed by atoms with E-state index in [2.05, 4.69) is 13.2 Å². The van der Waals surface area contributed by atoms with E-state index in [0.29, 0.717) is 17.5 Å². The second-order valence-electron chi connectivity index (χ2n) is 2.62. The first-order valence-corrected chi connectivity index (χ1v) is 5.98. The molecule has 0 saturated carbocycles. The number of aliphatic hydroxyl groups is 1. The first-order chi connectivity index (χ1) is 4.81. The molecule has 0 aromatic rings. The highest BCUT2D eigenvalue weighted by atomic mass is 79.9. The molecule has 0 fully saturated rings. The lowest BCUT2D eigenvalue weighted by Gasteiger charge is -1.99. The molecule has 0 bridgehead atoms. The Bertz CT molecular complexity index is 71.1.